The van der Waals surface area contributed by atoms with Gasteiger partial charge < -0.3 is 34.6 Å². The highest BCUT2D eigenvalue weighted by Crippen LogP contribution is 2.19. The Kier molecular flexibility index (Phi) is 11.5. The molecule has 2 fully saturated rings. The highest BCUT2D eigenvalue weighted by molar-refractivity contribution is 5.79. The molecule has 2 saturated heterocycles. The highest BCUT2D eigenvalue weighted by Gasteiger charge is 2.34. The number of nitrogens with zero attached hydrogens (tertiary/aromatic N) is 3. The molecule has 33 heavy (non-hydrogen) atoms. The van der Waals surface area contributed by atoms with Gasteiger partial charge in [0.1, 0.15) is 18.3 Å². The van der Waals surface area contributed by atoms with Crippen molar-refractivity contribution in [1.29, 1.82) is 0 Å². The predicted molar refractivity (Wildman–Crippen MR) is 123 cm³/mol. The van der Waals surface area contributed by atoms with E-state index in [9.17, 15) is 24.9 Å². The van der Waals surface area contributed by atoms with Gasteiger partial charge in [0.25, 0.3) is 0 Å². The molecule has 0 aromatic carbocycles. The number of hydrogen-bond donors (Lipinski definition) is 3. The molecule has 192 valence electrons. The van der Waals surface area contributed by atoms with E-state index in [4.69, 9.17) is 9.47 Å². The van der Waals surface area contributed by atoms with Crippen LogP contribution in [0.25, 0.3) is 0 Å². The Bertz CT molecular complexity index is 615. The summed E-state index contributed by atoms with van der Waals surface area (Å²) in [5, 5.41) is 30.4. The molecule has 0 unspecified atom stereocenters. The van der Waals surface area contributed by atoms with Crippen molar-refractivity contribution in [3.8, 4) is 0 Å². The van der Waals surface area contributed by atoms with Crippen LogP contribution in [0.4, 0.5) is 0 Å². The molecule has 10 heteroatoms. The van der Waals surface area contributed by atoms with Gasteiger partial charge in [0.2, 0.25) is 11.8 Å². The third-order valence-electron chi connectivity index (χ3n) is 6.38. The number of carbonyl (C=O) groups is 2. The van der Waals surface area contributed by atoms with Gasteiger partial charge in [0.15, 0.2) is 0 Å². The van der Waals surface area contributed by atoms with Crippen molar-refractivity contribution in [1.82, 2.24) is 14.7 Å². The maximum absolute atomic E-state index is 13.3. The van der Waals surface area contributed by atoms with E-state index in [1.807, 2.05) is 9.80 Å². The van der Waals surface area contributed by atoms with Crippen molar-refractivity contribution in [3.63, 3.8) is 0 Å². The Hall–Kier alpha value is -1.30. The van der Waals surface area contributed by atoms with E-state index in [-0.39, 0.29) is 43.7 Å². The van der Waals surface area contributed by atoms with E-state index >= 15 is 0 Å². The van der Waals surface area contributed by atoms with E-state index in [0.29, 0.717) is 45.1 Å². The average Bonchev–Trinajstić information content (AvgIpc) is 2.72. The predicted octanol–water partition coefficient (Wildman–Crippen LogP) is -0.698. The molecule has 2 aliphatic heterocycles. The van der Waals surface area contributed by atoms with Gasteiger partial charge in [-0.15, -0.1) is 0 Å². The zero-order valence-electron chi connectivity index (χ0n) is 20.6. The minimum atomic E-state index is -1.21. The zero-order valence-corrected chi connectivity index (χ0v) is 20.6. The fourth-order valence-corrected chi connectivity index (χ4v) is 4.47. The number of rotatable bonds is 5. The molecule has 4 atom stereocenters. The van der Waals surface area contributed by atoms with Crippen molar-refractivity contribution in [3.05, 3.63) is 0 Å². The van der Waals surface area contributed by atoms with E-state index in [2.05, 4.69) is 13.8 Å². The first kappa shape index (κ1) is 27.9. The maximum Gasteiger partial charge on any atom is 0.237 e. The standard InChI is InChI=1S/C23H43N3O7/c1-16(2)9-18-10-25(17(3)27)13-21(32-4)23(31)20(29)15-33-8-6-5-7-26(18)22(30)14-24-11-19(28)12-24/h16,18-21,23,28-29,31H,5-15H2,1-4H3/t18-,20+,21+,23+/m0/s1. The molecule has 2 heterocycles. The molecule has 0 radical (unpaired) electrons. The van der Waals surface area contributed by atoms with Crippen molar-refractivity contribution in [2.75, 3.05) is 59.6 Å². The third-order valence-corrected chi connectivity index (χ3v) is 6.38. The van der Waals surface area contributed by atoms with Gasteiger partial charge >= 0.3 is 0 Å². The summed E-state index contributed by atoms with van der Waals surface area (Å²) in [5.74, 6) is 0.106. The van der Waals surface area contributed by atoms with Gasteiger partial charge in [-0.3, -0.25) is 14.5 Å². The molecule has 0 bridgehead atoms. The summed E-state index contributed by atoms with van der Waals surface area (Å²) in [4.78, 5) is 31.2. The molecule has 0 spiro atoms. The van der Waals surface area contributed by atoms with Gasteiger partial charge in [-0.2, -0.15) is 0 Å². The molecule has 0 aliphatic carbocycles. The van der Waals surface area contributed by atoms with Crippen molar-refractivity contribution >= 4 is 11.8 Å². The number of hydrogen-bond acceptors (Lipinski definition) is 8. The summed E-state index contributed by atoms with van der Waals surface area (Å²) in [6.07, 6.45) is -1.35. The number of β-amino-alcohol motifs (C(OH)–C–C–N with tert-alkyl or cyclic N) is 1. The smallest absolute Gasteiger partial charge is 0.237 e. The SMILES string of the molecule is CO[C@@H]1CN(C(C)=O)C[C@H](CC(C)C)N(C(=O)CN2CC(O)C2)CCCCOC[C@@H](O)[C@H]1O. The van der Waals surface area contributed by atoms with Crippen molar-refractivity contribution in [2.45, 2.75) is 70.5 Å². The molecule has 3 N–H and O–H groups in total. The average molecular weight is 474 g/mol. The quantitative estimate of drug-likeness (QED) is 0.479. The molecule has 2 amide bonds. The Balaban J connectivity index is 2.26. The summed E-state index contributed by atoms with van der Waals surface area (Å²) in [5.41, 5.74) is 0. The number of aliphatic hydroxyl groups is 3. The van der Waals surface area contributed by atoms with Gasteiger partial charge in [0, 0.05) is 59.4 Å². The Morgan fingerprint density at radius 3 is 2.36 bits per heavy atom. The van der Waals surface area contributed by atoms with Crippen molar-refractivity contribution < 1.29 is 34.4 Å². The second-order valence-electron chi connectivity index (χ2n) is 9.76. The second kappa shape index (κ2) is 13.6. The van der Waals surface area contributed by atoms with Crippen LogP contribution < -0.4 is 0 Å². The minimum absolute atomic E-state index is 0.0113. The number of likely N-dealkylation sites (tertiary alicyclic amines) is 1. The van der Waals surface area contributed by atoms with Crippen LogP contribution in [0.15, 0.2) is 0 Å². The normalized spacial score (nSPS) is 29.6. The van der Waals surface area contributed by atoms with Crippen LogP contribution in [0.3, 0.4) is 0 Å². The molecule has 10 nitrogen and oxygen atoms in total. The minimum Gasteiger partial charge on any atom is -0.390 e. The topological polar surface area (TPSA) is 123 Å². The summed E-state index contributed by atoms with van der Waals surface area (Å²) in [7, 11) is 1.44. The van der Waals surface area contributed by atoms with Crippen LogP contribution in [0.5, 0.6) is 0 Å². The van der Waals surface area contributed by atoms with Crippen LogP contribution in [0.1, 0.15) is 40.0 Å². The largest absolute Gasteiger partial charge is 0.390 e. The van der Waals surface area contributed by atoms with Crippen LogP contribution in [-0.2, 0) is 19.1 Å². The lowest BCUT2D eigenvalue weighted by Crippen LogP contribution is -2.57. The van der Waals surface area contributed by atoms with Gasteiger partial charge in [-0.1, -0.05) is 13.8 Å². The Morgan fingerprint density at radius 1 is 1.09 bits per heavy atom. The number of carbonyl (C=O) groups excluding carboxylic acids is 2. The van der Waals surface area contributed by atoms with Crippen LogP contribution >= 0.6 is 0 Å². The van der Waals surface area contributed by atoms with E-state index < -0.39 is 18.3 Å². The van der Waals surface area contributed by atoms with Gasteiger partial charge in [0.05, 0.1) is 19.3 Å². The fraction of sp³-hybridized carbons (Fsp3) is 0.913. The van der Waals surface area contributed by atoms with E-state index in [1.165, 1.54) is 14.0 Å². The fourth-order valence-electron chi connectivity index (χ4n) is 4.47. The lowest BCUT2D eigenvalue weighted by atomic mass is 10.00. The van der Waals surface area contributed by atoms with Crippen molar-refractivity contribution in [2.24, 2.45) is 5.92 Å². The Labute approximate surface area is 197 Å². The Morgan fingerprint density at radius 2 is 1.79 bits per heavy atom. The summed E-state index contributed by atoms with van der Waals surface area (Å²) in [6, 6.07) is -0.198. The van der Waals surface area contributed by atoms with Gasteiger partial charge in [-0.25, -0.2) is 0 Å². The third kappa shape index (κ3) is 8.77. The summed E-state index contributed by atoms with van der Waals surface area (Å²) >= 11 is 0. The van der Waals surface area contributed by atoms with E-state index in [1.54, 1.807) is 4.90 Å². The summed E-state index contributed by atoms with van der Waals surface area (Å²) in [6.45, 7) is 8.21. The molecule has 0 aromatic heterocycles. The van der Waals surface area contributed by atoms with E-state index in [0.717, 1.165) is 12.8 Å². The molecular formula is C23H43N3O7. The monoisotopic (exact) mass is 473 g/mol. The summed E-state index contributed by atoms with van der Waals surface area (Å²) < 4.78 is 11.0. The molecular weight excluding hydrogens is 430 g/mol. The van der Waals surface area contributed by atoms with Crippen LogP contribution in [0.2, 0.25) is 0 Å². The first-order valence-corrected chi connectivity index (χ1v) is 12.0. The number of aliphatic hydroxyl groups excluding tert-OH is 3. The molecule has 0 aromatic rings. The van der Waals surface area contributed by atoms with Crippen LogP contribution in [0, 0.1) is 5.92 Å². The molecule has 0 saturated carbocycles. The number of methoxy groups -OCH3 is 1. The number of amides is 2. The first-order valence-electron chi connectivity index (χ1n) is 12.0. The molecule has 2 aliphatic rings. The first-order chi connectivity index (χ1) is 15.6. The zero-order chi connectivity index (χ0) is 24.5. The maximum atomic E-state index is 13.3. The highest BCUT2D eigenvalue weighted by atomic mass is 16.5. The number of ether oxygens (including phenoxy) is 2. The molecule has 2 rings (SSSR count). The van der Waals surface area contributed by atoms with Crippen LogP contribution in [-0.4, -0.2) is 132 Å². The lowest BCUT2D eigenvalue weighted by Gasteiger charge is -2.41. The lowest BCUT2D eigenvalue weighted by molar-refractivity contribution is -0.144. The second-order valence-corrected chi connectivity index (χ2v) is 9.76. The van der Waals surface area contributed by atoms with Gasteiger partial charge in [-0.05, 0) is 25.2 Å².